The third-order valence-electron chi connectivity index (χ3n) is 2.69. The van der Waals surface area contributed by atoms with Crippen LogP contribution in [0.5, 0.6) is 0 Å². The maximum atomic E-state index is 10.9. The zero-order chi connectivity index (χ0) is 10.4. The number of allylic oxidation sites excluding steroid dienone is 1. The SMILES string of the molecule is COC(=O)CCN(C)C1C=CCCC1. The molecule has 0 aromatic carbocycles. The first kappa shape index (κ1) is 11.2. The van der Waals surface area contributed by atoms with E-state index in [1.807, 2.05) is 0 Å². The van der Waals surface area contributed by atoms with E-state index in [4.69, 9.17) is 0 Å². The molecular formula is C11H19NO2. The van der Waals surface area contributed by atoms with Gasteiger partial charge in [-0.1, -0.05) is 12.2 Å². The molecule has 0 bridgehead atoms. The molecule has 0 saturated carbocycles. The van der Waals surface area contributed by atoms with Gasteiger partial charge in [-0.2, -0.15) is 0 Å². The Kier molecular flexibility index (Phi) is 4.66. The summed E-state index contributed by atoms with van der Waals surface area (Å²) in [6, 6.07) is 0.508. The molecule has 0 spiro atoms. The Morgan fingerprint density at radius 1 is 1.64 bits per heavy atom. The van der Waals surface area contributed by atoms with Crippen molar-refractivity contribution in [3.8, 4) is 0 Å². The molecule has 0 aromatic rings. The number of nitrogens with zero attached hydrogens (tertiary/aromatic N) is 1. The number of ether oxygens (including phenoxy) is 1. The predicted molar refractivity (Wildman–Crippen MR) is 56.0 cm³/mol. The largest absolute Gasteiger partial charge is 0.469 e. The number of rotatable bonds is 4. The Hall–Kier alpha value is -0.830. The van der Waals surface area contributed by atoms with Crippen LogP contribution < -0.4 is 0 Å². The lowest BCUT2D eigenvalue weighted by Crippen LogP contribution is -2.33. The second-order valence-electron chi connectivity index (χ2n) is 3.73. The molecule has 0 saturated heterocycles. The summed E-state index contributed by atoms with van der Waals surface area (Å²) in [5, 5.41) is 0. The second-order valence-corrected chi connectivity index (χ2v) is 3.73. The van der Waals surface area contributed by atoms with Gasteiger partial charge in [0.15, 0.2) is 0 Å². The van der Waals surface area contributed by atoms with Crippen molar-refractivity contribution in [2.45, 2.75) is 31.7 Å². The molecule has 3 heteroatoms. The first-order chi connectivity index (χ1) is 6.74. The minimum absolute atomic E-state index is 0.128. The van der Waals surface area contributed by atoms with Crippen LogP contribution in [0.1, 0.15) is 25.7 Å². The van der Waals surface area contributed by atoms with Crippen molar-refractivity contribution in [1.29, 1.82) is 0 Å². The van der Waals surface area contributed by atoms with Gasteiger partial charge >= 0.3 is 5.97 Å². The Morgan fingerprint density at radius 2 is 2.43 bits per heavy atom. The quantitative estimate of drug-likeness (QED) is 0.506. The average molecular weight is 197 g/mol. The highest BCUT2D eigenvalue weighted by molar-refractivity contribution is 5.69. The third kappa shape index (κ3) is 3.50. The second kappa shape index (κ2) is 5.81. The topological polar surface area (TPSA) is 29.5 Å². The maximum absolute atomic E-state index is 10.9. The highest BCUT2D eigenvalue weighted by atomic mass is 16.5. The van der Waals surface area contributed by atoms with Gasteiger partial charge in [-0.15, -0.1) is 0 Å². The molecule has 1 aliphatic carbocycles. The van der Waals surface area contributed by atoms with Gasteiger partial charge in [-0.3, -0.25) is 9.69 Å². The van der Waals surface area contributed by atoms with E-state index in [-0.39, 0.29) is 5.97 Å². The van der Waals surface area contributed by atoms with E-state index in [1.165, 1.54) is 26.4 Å². The summed E-state index contributed by atoms with van der Waals surface area (Å²) in [5.74, 6) is -0.128. The van der Waals surface area contributed by atoms with Gasteiger partial charge in [-0.25, -0.2) is 0 Å². The van der Waals surface area contributed by atoms with Gasteiger partial charge in [0.2, 0.25) is 0 Å². The Morgan fingerprint density at radius 3 is 3.00 bits per heavy atom. The van der Waals surface area contributed by atoms with E-state index in [0.717, 1.165) is 6.54 Å². The lowest BCUT2D eigenvalue weighted by molar-refractivity contribution is -0.141. The molecule has 0 N–H and O–H groups in total. The molecule has 0 amide bonds. The van der Waals surface area contributed by atoms with Crippen molar-refractivity contribution in [2.75, 3.05) is 20.7 Å². The van der Waals surface area contributed by atoms with Crippen molar-refractivity contribution in [3.63, 3.8) is 0 Å². The number of likely N-dealkylation sites (N-methyl/N-ethyl adjacent to an activating group) is 1. The molecule has 80 valence electrons. The van der Waals surface area contributed by atoms with E-state index in [0.29, 0.717) is 12.5 Å². The number of methoxy groups -OCH3 is 1. The predicted octanol–water partition coefficient (Wildman–Crippen LogP) is 1.59. The molecule has 1 atom stereocenters. The first-order valence-electron chi connectivity index (χ1n) is 5.17. The van der Waals surface area contributed by atoms with Gasteiger partial charge in [-0.05, 0) is 26.3 Å². The van der Waals surface area contributed by atoms with Crippen LogP contribution in [0.15, 0.2) is 12.2 Å². The third-order valence-corrected chi connectivity index (χ3v) is 2.69. The fourth-order valence-corrected chi connectivity index (χ4v) is 1.70. The Balaban J connectivity index is 2.26. The fourth-order valence-electron chi connectivity index (χ4n) is 1.70. The van der Waals surface area contributed by atoms with Crippen LogP contribution in [0, 0.1) is 0 Å². The number of esters is 1. The molecule has 1 aliphatic rings. The van der Waals surface area contributed by atoms with Crippen LogP contribution in [0.4, 0.5) is 0 Å². The van der Waals surface area contributed by atoms with Crippen molar-refractivity contribution in [3.05, 3.63) is 12.2 Å². The van der Waals surface area contributed by atoms with Crippen molar-refractivity contribution in [1.82, 2.24) is 4.90 Å². The van der Waals surface area contributed by atoms with Crippen LogP contribution in [-0.4, -0.2) is 37.6 Å². The van der Waals surface area contributed by atoms with Crippen molar-refractivity contribution >= 4 is 5.97 Å². The highest BCUT2D eigenvalue weighted by Gasteiger charge is 2.14. The lowest BCUT2D eigenvalue weighted by Gasteiger charge is -2.27. The van der Waals surface area contributed by atoms with Gasteiger partial charge in [0, 0.05) is 12.6 Å². The smallest absolute Gasteiger partial charge is 0.306 e. The number of carbonyl (C=O) groups is 1. The summed E-state index contributed by atoms with van der Waals surface area (Å²) in [5.41, 5.74) is 0. The number of hydrogen-bond acceptors (Lipinski definition) is 3. The molecule has 3 nitrogen and oxygen atoms in total. The van der Waals surface area contributed by atoms with E-state index in [1.54, 1.807) is 0 Å². The van der Waals surface area contributed by atoms with Gasteiger partial charge in [0.05, 0.1) is 13.5 Å². The van der Waals surface area contributed by atoms with Crippen LogP contribution in [-0.2, 0) is 9.53 Å². The zero-order valence-electron chi connectivity index (χ0n) is 9.03. The van der Waals surface area contributed by atoms with Crippen molar-refractivity contribution in [2.24, 2.45) is 0 Å². The molecule has 14 heavy (non-hydrogen) atoms. The molecule has 0 fully saturated rings. The van der Waals surface area contributed by atoms with Crippen LogP contribution >= 0.6 is 0 Å². The van der Waals surface area contributed by atoms with Gasteiger partial charge in [0.1, 0.15) is 0 Å². The average Bonchev–Trinajstić information content (AvgIpc) is 2.26. The lowest BCUT2D eigenvalue weighted by atomic mass is 10.0. The van der Waals surface area contributed by atoms with Crippen molar-refractivity contribution < 1.29 is 9.53 Å². The maximum Gasteiger partial charge on any atom is 0.306 e. The van der Waals surface area contributed by atoms with Gasteiger partial charge in [0.25, 0.3) is 0 Å². The number of carbonyl (C=O) groups excluding carboxylic acids is 1. The standard InChI is InChI=1S/C11H19NO2/c1-12(9-8-11(13)14-2)10-6-4-3-5-7-10/h4,6,10H,3,5,7-9H2,1-2H3. The van der Waals surface area contributed by atoms with Crippen LogP contribution in [0.3, 0.4) is 0 Å². The normalized spacial score (nSPS) is 21.2. The van der Waals surface area contributed by atoms with E-state index in [9.17, 15) is 4.79 Å². The molecule has 0 aromatic heterocycles. The molecule has 0 aliphatic heterocycles. The van der Waals surface area contributed by atoms with Gasteiger partial charge < -0.3 is 4.74 Å². The minimum atomic E-state index is -0.128. The summed E-state index contributed by atoms with van der Waals surface area (Å²) >= 11 is 0. The number of hydrogen-bond donors (Lipinski definition) is 0. The Labute approximate surface area is 85.7 Å². The van der Waals surface area contributed by atoms with E-state index >= 15 is 0 Å². The molecular weight excluding hydrogens is 178 g/mol. The summed E-state index contributed by atoms with van der Waals surface area (Å²) in [4.78, 5) is 13.1. The fraction of sp³-hybridized carbons (Fsp3) is 0.727. The monoisotopic (exact) mass is 197 g/mol. The molecule has 1 rings (SSSR count). The van der Waals surface area contributed by atoms with E-state index in [2.05, 4.69) is 28.8 Å². The summed E-state index contributed by atoms with van der Waals surface area (Å²) in [6.07, 6.45) is 8.60. The molecule has 1 unspecified atom stereocenters. The summed E-state index contributed by atoms with van der Waals surface area (Å²) in [7, 11) is 3.49. The van der Waals surface area contributed by atoms with Crippen LogP contribution in [0.2, 0.25) is 0 Å². The molecule has 0 radical (unpaired) electrons. The van der Waals surface area contributed by atoms with Crippen LogP contribution in [0.25, 0.3) is 0 Å². The minimum Gasteiger partial charge on any atom is -0.469 e. The molecule has 0 heterocycles. The first-order valence-corrected chi connectivity index (χ1v) is 5.17. The zero-order valence-corrected chi connectivity index (χ0v) is 9.03. The summed E-state index contributed by atoms with van der Waals surface area (Å²) in [6.45, 7) is 0.779. The summed E-state index contributed by atoms with van der Waals surface area (Å²) < 4.78 is 4.60. The van der Waals surface area contributed by atoms with E-state index < -0.39 is 0 Å². The Bertz CT molecular complexity index is 213. The highest BCUT2D eigenvalue weighted by Crippen LogP contribution is 2.15.